The second kappa shape index (κ2) is 5.25. The fourth-order valence-corrected chi connectivity index (χ4v) is 2.12. The maximum atomic E-state index is 12.3. The number of hydrogen-bond donors (Lipinski definition) is 0. The summed E-state index contributed by atoms with van der Waals surface area (Å²) in [7, 11) is 0. The van der Waals surface area contributed by atoms with Crippen LogP contribution in [0.1, 0.15) is 12.0 Å². The highest BCUT2D eigenvalue weighted by Crippen LogP contribution is 2.23. The predicted octanol–water partition coefficient (Wildman–Crippen LogP) is 1.87. The summed E-state index contributed by atoms with van der Waals surface area (Å²) >= 11 is 0. The fourth-order valence-electron chi connectivity index (χ4n) is 2.12. The number of ketones is 1. The minimum Gasteiger partial charge on any atom is -0.338 e. The van der Waals surface area contributed by atoms with Crippen LogP contribution in [-0.2, 0) is 16.1 Å². The summed E-state index contributed by atoms with van der Waals surface area (Å²) < 4.78 is 24.6. The maximum Gasteiger partial charge on any atom is 0.296 e. The van der Waals surface area contributed by atoms with Gasteiger partial charge in [0.1, 0.15) is 5.92 Å². The number of nitrogens with zero attached hydrogens (tertiary/aromatic N) is 1. The van der Waals surface area contributed by atoms with Gasteiger partial charge in [-0.05, 0) is 12.0 Å². The van der Waals surface area contributed by atoms with Gasteiger partial charge in [0.2, 0.25) is 11.7 Å². The van der Waals surface area contributed by atoms with Gasteiger partial charge in [0.05, 0.1) is 0 Å². The molecule has 0 radical (unpaired) electrons. The average molecular weight is 253 g/mol. The molecule has 1 aromatic carbocycles. The van der Waals surface area contributed by atoms with E-state index in [1.165, 1.54) is 4.90 Å². The molecule has 18 heavy (non-hydrogen) atoms. The summed E-state index contributed by atoms with van der Waals surface area (Å²) in [5.74, 6) is -2.89. The van der Waals surface area contributed by atoms with Crippen molar-refractivity contribution in [2.45, 2.75) is 19.4 Å². The lowest BCUT2D eigenvalue weighted by Crippen LogP contribution is -2.32. The molecule has 96 valence electrons. The third-order valence-electron chi connectivity index (χ3n) is 3.07. The minimum absolute atomic E-state index is 0.189. The van der Waals surface area contributed by atoms with E-state index in [2.05, 4.69) is 0 Å². The van der Waals surface area contributed by atoms with Gasteiger partial charge in [-0.2, -0.15) is 0 Å². The number of amides is 1. The van der Waals surface area contributed by atoms with E-state index in [-0.39, 0.29) is 6.42 Å². The number of hydrogen-bond acceptors (Lipinski definition) is 2. The Kier molecular flexibility index (Phi) is 3.69. The van der Waals surface area contributed by atoms with Crippen LogP contribution in [0.2, 0.25) is 0 Å². The molecule has 1 unspecified atom stereocenters. The van der Waals surface area contributed by atoms with E-state index in [4.69, 9.17) is 0 Å². The first-order valence-electron chi connectivity index (χ1n) is 5.74. The van der Waals surface area contributed by atoms with Crippen molar-refractivity contribution in [2.75, 3.05) is 6.54 Å². The first-order chi connectivity index (χ1) is 8.59. The summed E-state index contributed by atoms with van der Waals surface area (Å²) in [5.41, 5.74) is 0.927. The van der Waals surface area contributed by atoms with Gasteiger partial charge in [0.15, 0.2) is 0 Å². The number of rotatable bonds is 4. The normalized spacial score (nSPS) is 19.6. The van der Waals surface area contributed by atoms with Crippen LogP contribution in [0.5, 0.6) is 0 Å². The summed E-state index contributed by atoms with van der Waals surface area (Å²) in [6.07, 6.45) is -2.87. The molecule has 0 spiro atoms. The summed E-state index contributed by atoms with van der Waals surface area (Å²) in [4.78, 5) is 24.4. The van der Waals surface area contributed by atoms with Gasteiger partial charge in [-0.15, -0.1) is 0 Å². The molecule has 2 rings (SSSR count). The lowest BCUT2D eigenvalue weighted by atomic mass is 10.0. The molecule has 0 aromatic heterocycles. The SMILES string of the molecule is O=C(C(F)F)C1CCN(Cc2ccccc2)C1=O. The highest BCUT2D eigenvalue weighted by Gasteiger charge is 2.39. The summed E-state index contributed by atoms with van der Waals surface area (Å²) in [6, 6.07) is 9.26. The van der Waals surface area contributed by atoms with Crippen molar-refractivity contribution in [1.82, 2.24) is 4.90 Å². The Bertz CT molecular complexity index is 448. The van der Waals surface area contributed by atoms with Crippen molar-refractivity contribution < 1.29 is 18.4 Å². The molecule has 1 saturated heterocycles. The minimum atomic E-state index is -3.06. The second-order valence-corrected chi connectivity index (χ2v) is 4.29. The summed E-state index contributed by atoms with van der Waals surface area (Å²) in [5, 5.41) is 0. The van der Waals surface area contributed by atoms with E-state index in [0.717, 1.165) is 5.56 Å². The third kappa shape index (κ3) is 2.55. The van der Waals surface area contributed by atoms with Gasteiger partial charge in [-0.3, -0.25) is 9.59 Å². The number of likely N-dealkylation sites (tertiary alicyclic amines) is 1. The lowest BCUT2D eigenvalue weighted by Gasteiger charge is -2.16. The van der Waals surface area contributed by atoms with Gasteiger partial charge >= 0.3 is 0 Å². The van der Waals surface area contributed by atoms with Crippen LogP contribution in [0.3, 0.4) is 0 Å². The van der Waals surface area contributed by atoms with Gasteiger partial charge < -0.3 is 4.90 Å². The molecule has 3 nitrogen and oxygen atoms in total. The first kappa shape index (κ1) is 12.7. The van der Waals surface area contributed by atoms with Crippen LogP contribution in [0.15, 0.2) is 30.3 Å². The highest BCUT2D eigenvalue weighted by molar-refractivity contribution is 6.03. The smallest absolute Gasteiger partial charge is 0.296 e. The van der Waals surface area contributed by atoms with Crippen molar-refractivity contribution in [2.24, 2.45) is 5.92 Å². The van der Waals surface area contributed by atoms with Gasteiger partial charge in [0.25, 0.3) is 6.43 Å². The highest BCUT2D eigenvalue weighted by atomic mass is 19.3. The van der Waals surface area contributed by atoms with Crippen molar-refractivity contribution in [3.05, 3.63) is 35.9 Å². The fraction of sp³-hybridized carbons (Fsp3) is 0.385. The van der Waals surface area contributed by atoms with Crippen molar-refractivity contribution in [3.8, 4) is 0 Å². The molecule has 0 aliphatic carbocycles. The molecule has 0 saturated carbocycles. The molecule has 5 heteroatoms. The van der Waals surface area contributed by atoms with E-state index in [1.54, 1.807) is 0 Å². The summed E-state index contributed by atoms with van der Waals surface area (Å²) in [6.45, 7) is 0.726. The largest absolute Gasteiger partial charge is 0.338 e. The Hall–Kier alpha value is -1.78. The molecule has 0 bridgehead atoms. The van der Waals surface area contributed by atoms with E-state index >= 15 is 0 Å². The Balaban J connectivity index is 2.02. The van der Waals surface area contributed by atoms with Crippen LogP contribution >= 0.6 is 0 Å². The predicted molar refractivity (Wildman–Crippen MR) is 61.0 cm³/mol. The first-order valence-corrected chi connectivity index (χ1v) is 5.74. The van der Waals surface area contributed by atoms with Gasteiger partial charge in [0, 0.05) is 13.1 Å². The Morgan fingerprint density at radius 3 is 2.61 bits per heavy atom. The lowest BCUT2D eigenvalue weighted by molar-refractivity contribution is -0.142. The van der Waals surface area contributed by atoms with E-state index in [0.29, 0.717) is 13.1 Å². The second-order valence-electron chi connectivity index (χ2n) is 4.29. The molecule has 1 aliphatic heterocycles. The zero-order valence-corrected chi connectivity index (χ0v) is 9.68. The van der Waals surface area contributed by atoms with Gasteiger partial charge in [-0.1, -0.05) is 30.3 Å². The molecule has 1 aromatic rings. The number of carbonyl (C=O) groups is 2. The molecule has 1 fully saturated rings. The average Bonchev–Trinajstić information content (AvgIpc) is 2.71. The quantitative estimate of drug-likeness (QED) is 0.768. The zero-order valence-electron chi connectivity index (χ0n) is 9.68. The van der Waals surface area contributed by atoms with E-state index < -0.39 is 24.0 Å². The number of carbonyl (C=O) groups excluding carboxylic acids is 2. The topological polar surface area (TPSA) is 37.4 Å². The standard InChI is InChI=1S/C13H13F2NO2/c14-12(15)11(17)10-6-7-16(13(10)18)8-9-4-2-1-3-5-9/h1-5,10,12H,6-8H2. The molecular weight excluding hydrogens is 240 g/mol. The number of benzene rings is 1. The molecular formula is C13H13F2NO2. The van der Waals surface area contributed by atoms with Gasteiger partial charge in [-0.25, -0.2) is 8.78 Å². The Labute approximate surface area is 103 Å². The Morgan fingerprint density at radius 2 is 2.00 bits per heavy atom. The van der Waals surface area contributed by atoms with Crippen LogP contribution in [0.25, 0.3) is 0 Å². The number of halogens is 2. The molecule has 1 aliphatic rings. The van der Waals surface area contributed by atoms with Crippen LogP contribution in [0.4, 0.5) is 8.78 Å². The number of alkyl halides is 2. The molecule has 1 atom stereocenters. The van der Waals surface area contributed by atoms with Crippen molar-refractivity contribution in [3.63, 3.8) is 0 Å². The van der Waals surface area contributed by atoms with Crippen LogP contribution < -0.4 is 0 Å². The monoisotopic (exact) mass is 253 g/mol. The van der Waals surface area contributed by atoms with Crippen molar-refractivity contribution >= 4 is 11.7 Å². The molecule has 0 N–H and O–H groups in total. The maximum absolute atomic E-state index is 12.3. The number of Topliss-reactive ketones (excluding diaryl/α,β-unsaturated/α-hetero) is 1. The van der Waals surface area contributed by atoms with E-state index in [1.807, 2.05) is 30.3 Å². The third-order valence-corrected chi connectivity index (χ3v) is 3.07. The van der Waals surface area contributed by atoms with Crippen LogP contribution in [-0.4, -0.2) is 29.6 Å². The Morgan fingerprint density at radius 1 is 1.33 bits per heavy atom. The van der Waals surface area contributed by atoms with E-state index in [9.17, 15) is 18.4 Å². The molecule has 1 amide bonds. The van der Waals surface area contributed by atoms with Crippen molar-refractivity contribution in [1.29, 1.82) is 0 Å². The molecule has 1 heterocycles. The van der Waals surface area contributed by atoms with Crippen LogP contribution in [0, 0.1) is 5.92 Å². The zero-order chi connectivity index (χ0) is 13.1.